The zero-order valence-electron chi connectivity index (χ0n) is 10.9. The Hall–Kier alpha value is -1.31. The largest absolute Gasteiger partial charge is 0.373 e. The molecule has 7 heteroatoms. The van der Waals surface area contributed by atoms with Crippen molar-refractivity contribution in [1.82, 2.24) is 15.1 Å². The number of nitrogens with zero attached hydrogens (tertiary/aromatic N) is 3. The predicted octanol–water partition coefficient (Wildman–Crippen LogP) is 2.31. The van der Waals surface area contributed by atoms with Gasteiger partial charge in [-0.1, -0.05) is 5.16 Å². The fourth-order valence-corrected chi connectivity index (χ4v) is 2.71. The Morgan fingerprint density at radius 2 is 2.26 bits per heavy atom. The van der Waals surface area contributed by atoms with Crippen molar-refractivity contribution in [2.45, 2.75) is 31.9 Å². The van der Waals surface area contributed by atoms with Crippen LogP contribution in [0.25, 0.3) is 11.6 Å². The topological polar surface area (TPSA) is 87.1 Å². The highest BCUT2D eigenvalue weighted by molar-refractivity contribution is 7.10. The molecular weight excluding hydrogens is 264 g/mol. The summed E-state index contributed by atoms with van der Waals surface area (Å²) in [6.45, 7) is 1.90. The summed E-state index contributed by atoms with van der Waals surface area (Å²) in [6, 6.07) is -0.0840. The van der Waals surface area contributed by atoms with E-state index in [2.05, 4.69) is 15.1 Å². The molecule has 0 saturated heterocycles. The highest BCUT2D eigenvalue weighted by Crippen LogP contribution is 2.42. The minimum atomic E-state index is -0.0840. The highest BCUT2D eigenvalue weighted by Gasteiger charge is 2.35. The molecule has 2 aromatic heterocycles. The van der Waals surface area contributed by atoms with Gasteiger partial charge in [0.2, 0.25) is 5.82 Å². The summed E-state index contributed by atoms with van der Waals surface area (Å²) in [4.78, 5) is 8.78. The number of hydrogen-bond acceptors (Lipinski definition) is 7. The van der Waals surface area contributed by atoms with Crippen molar-refractivity contribution in [1.29, 1.82) is 0 Å². The normalized spacial score (nSPS) is 18.5. The van der Waals surface area contributed by atoms with Gasteiger partial charge in [0.25, 0.3) is 5.89 Å². The van der Waals surface area contributed by atoms with E-state index in [1.165, 1.54) is 11.3 Å². The summed E-state index contributed by atoms with van der Waals surface area (Å²) in [5.41, 5.74) is 6.47. The molecule has 102 valence electrons. The SMILES string of the molecule is COC(c1noc(-c2csc(C(C)N)n2)n1)C1CC1. The predicted molar refractivity (Wildman–Crippen MR) is 70.5 cm³/mol. The van der Waals surface area contributed by atoms with Gasteiger partial charge in [-0.05, 0) is 25.7 Å². The summed E-state index contributed by atoms with van der Waals surface area (Å²) in [7, 11) is 1.68. The molecular formula is C12H16N4O2S. The number of thiazole rings is 1. The lowest BCUT2D eigenvalue weighted by atomic mass is 10.2. The molecule has 0 amide bonds. The average molecular weight is 280 g/mol. The second kappa shape index (κ2) is 4.99. The van der Waals surface area contributed by atoms with Crippen LogP contribution in [0.3, 0.4) is 0 Å². The van der Waals surface area contributed by atoms with Crippen LogP contribution < -0.4 is 5.73 Å². The molecule has 1 fully saturated rings. The average Bonchev–Trinajstić information content (AvgIpc) is 2.93. The van der Waals surface area contributed by atoms with Gasteiger partial charge in [0.1, 0.15) is 16.8 Å². The Balaban J connectivity index is 1.83. The fraction of sp³-hybridized carbons (Fsp3) is 0.583. The Kier molecular flexibility index (Phi) is 3.34. The van der Waals surface area contributed by atoms with E-state index in [1.807, 2.05) is 12.3 Å². The third-order valence-electron chi connectivity index (χ3n) is 3.13. The summed E-state index contributed by atoms with van der Waals surface area (Å²) in [5, 5.41) is 6.75. The first kappa shape index (κ1) is 12.7. The molecule has 0 spiro atoms. The van der Waals surface area contributed by atoms with Crippen LogP contribution in [0.1, 0.15) is 42.7 Å². The molecule has 2 heterocycles. The van der Waals surface area contributed by atoms with Crippen molar-refractivity contribution in [3.05, 3.63) is 16.2 Å². The number of aromatic nitrogens is 3. The Morgan fingerprint density at radius 3 is 2.84 bits per heavy atom. The van der Waals surface area contributed by atoms with Crippen LogP contribution in [0.4, 0.5) is 0 Å². The van der Waals surface area contributed by atoms with Crippen LogP contribution in [0.5, 0.6) is 0 Å². The van der Waals surface area contributed by atoms with Crippen molar-refractivity contribution >= 4 is 11.3 Å². The molecule has 2 N–H and O–H groups in total. The molecule has 1 aliphatic carbocycles. The number of hydrogen-bond donors (Lipinski definition) is 1. The third-order valence-corrected chi connectivity index (χ3v) is 4.18. The molecule has 0 aliphatic heterocycles. The molecule has 1 aliphatic rings. The van der Waals surface area contributed by atoms with Gasteiger partial charge in [0, 0.05) is 12.5 Å². The number of methoxy groups -OCH3 is 1. The van der Waals surface area contributed by atoms with Gasteiger partial charge in [0.05, 0.1) is 6.04 Å². The summed E-state index contributed by atoms with van der Waals surface area (Å²) >= 11 is 1.50. The van der Waals surface area contributed by atoms with Gasteiger partial charge in [-0.25, -0.2) is 4.98 Å². The zero-order chi connectivity index (χ0) is 13.4. The summed E-state index contributed by atoms with van der Waals surface area (Å²) in [5.74, 6) is 1.56. The molecule has 2 unspecified atom stereocenters. The van der Waals surface area contributed by atoms with Crippen molar-refractivity contribution < 1.29 is 9.26 Å². The van der Waals surface area contributed by atoms with E-state index in [9.17, 15) is 0 Å². The molecule has 2 atom stereocenters. The van der Waals surface area contributed by atoms with Gasteiger partial charge in [0.15, 0.2) is 0 Å². The van der Waals surface area contributed by atoms with E-state index in [0.29, 0.717) is 23.3 Å². The second-order valence-electron chi connectivity index (χ2n) is 4.81. The lowest BCUT2D eigenvalue weighted by Crippen LogP contribution is -2.05. The maximum absolute atomic E-state index is 5.79. The minimum Gasteiger partial charge on any atom is -0.373 e. The minimum absolute atomic E-state index is 0.0657. The first-order valence-electron chi connectivity index (χ1n) is 6.27. The van der Waals surface area contributed by atoms with Gasteiger partial charge in [-0.3, -0.25) is 0 Å². The van der Waals surface area contributed by atoms with Gasteiger partial charge in [-0.2, -0.15) is 4.98 Å². The molecule has 1 saturated carbocycles. The van der Waals surface area contributed by atoms with E-state index in [4.69, 9.17) is 15.0 Å². The van der Waals surface area contributed by atoms with Crippen LogP contribution >= 0.6 is 11.3 Å². The maximum Gasteiger partial charge on any atom is 0.277 e. The van der Waals surface area contributed by atoms with E-state index in [0.717, 1.165) is 17.8 Å². The third kappa shape index (κ3) is 2.54. The van der Waals surface area contributed by atoms with E-state index in [-0.39, 0.29) is 12.1 Å². The summed E-state index contributed by atoms with van der Waals surface area (Å²) < 4.78 is 10.7. The first-order chi connectivity index (χ1) is 9.19. The Morgan fingerprint density at radius 1 is 1.47 bits per heavy atom. The number of rotatable bonds is 5. The van der Waals surface area contributed by atoms with Crippen LogP contribution in [0.15, 0.2) is 9.90 Å². The van der Waals surface area contributed by atoms with E-state index >= 15 is 0 Å². The molecule has 0 radical (unpaired) electrons. The molecule has 3 rings (SSSR count). The molecule has 2 aromatic rings. The molecule has 0 aromatic carbocycles. The van der Waals surface area contributed by atoms with Crippen LogP contribution in [0.2, 0.25) is 0 Å². The van der Waals surface area contributed by atoms with Crippen LogP contribution in [0, 0.1) is 5.92 Å². The maximum atomic E-state index is 5.79. The van der Waals surface area contributed by atoms with Crippen molar-refractivity contribution in [3.8, 4) is 11.6 Å². The Labute approximate surface area is 115 Å². The van der Waals surface area contributed by atoms with Crippen LogP contribution in [-0.4, -0.2) is 22.2 Å². The second-order valence-corrected chi connectivity index (χ2v) is 5.70. The fourth-order valence-electron chi connectivity index (χ4n) is 1.96. The number of ether oxygens (including phenoxy) is 1. The van der Waals surface area contributed by atoms with Crippen LogP contribution in [-0.2, 0) is 4.74 Å². The van der Waals surface area contributed by atoms with E-state index in [1.54, 1.807) is 7.11 Å². The smallest absolute Gasteiger partial charge is 0.277 e. The van der Waals surface area contributed by atoms with Crippen molar-refractivity contribution in [2.75, 3.05) is 7.11 Å². The van der Waals surface area contributed by atoms with E-state index < -0.39 is 0 Å². The molecule has 0 bridgehead atoms. The summed E-state index contributed by atoms with van der Waals surface area (Å²) in [6.07, 6.45) is 2.26. The standard InChI is InChI=1S/C12H16N4O2S/c1-6(13)12-14-8(5-19-12)11-15-10(16-18-11)9(17-2)7-3-4-7/h5-7,9H,3-4,13H2,1-2H3. The van der Waals surface area contributed by atoms with Crippen molar-refractivity contribution in [2.24, 2.45) is 11.7 Å². The highest BCUT2D eigenvalue weighted by atomic mass is 32.1. The molecule has 19 heavy (non-hydrogen) atoms. The van der Waals surface area contributed by atoms with Gasteiger partial charge >= 0.3 is 0 Å². The first-order valence-corrected chi connectivity index (χ1v) is 7.14. The monoisotopic (exact) mass is 280 g/mol. The zero-order valence-corrected chi connectivity index (χ0v) is 11.7. The lowest BCUT2D eigenvalue weighted by Gasteiger charge is -2.07. The lowest BCUT2D eigenvalue weighted by molar-refractivity contribution is 0.0751. The Bertz CT molecular complexity index is 562. The quantitative estimate of drug-likeness (QED) is 0.904. The van der Waals surface area contributed by atoms with Crippen molar-refractivity contribution in [3.63, 3.8) is 0 Å². The molecule has 6 nitrogen and oxygen atoms in total. The van der Waals surface area contributed by atoms with Gasteiger partial charge < -0.3 is 15.0 Å². The number of nitrogens with two attached hydrogens (primary N) is 1. The van der Waals surface area contributed by atoms with Gasteiger partial charge in [-0.15, -0.1) is 11.3 Å².